The van der Waals surface area contributed by atoms with E-state index < -0.39 is 5.41 Å². The Morgan fingerprint density at radius 3 is 1.72 bits per heavy atom. The van der Waals surface area contributed by atoms with Gasteiger partial charge < -0.3 is 10.5 Å². The van der Waals surface area contributed by atoms with Crippen molar-refractivity contribution in [2.45, 2.75) is 39.5 Å². The molecule has 67 heavy (non-hydrogen) atoms. The van der Waals surface area contributed by atoms with E-state index in [0.717, 1.165) is 84.7 Å². The van der Waals surface area contributed by atoms with Crippen LogP contribution in [-0.2, 0) is 5.41 Å². The summed E-state index contributed by atoms with van der Waals surface area (Å²) in [5.41, 5.74) is 20.0. The van der Waals surface area contributed by atoms with Gasteiger partial charge in [-0.2, -0.15) is 0 Å². The van der Waals surface area contributed by atoms with Crippen LogP contribution >= 0.6 is 0 Å². The van der Waals surface area contributed by atoms with Crippen molar-refractivity contribution in [3.8, 4) is 67.9 Å². The quantitative estimate of drug-likeness (QED) is 0.115. The zero-order valence-electron chi connectivity index (χ0n) is 38.1. The Labute approximate surface area is 392 Å². The first-order chi connectivity index (χ1) is 32.6. The maximum atomic E-state index is 6.81. The number of allylic oxidation sites excluding steroid dienone is 3. The molecule has 1 aromatic heterocycles. The number of aryl methyl sites for hydroxylation is 1. The van der Waals surface area contributed by atoms with Gasteiger partial charge in [0.2, 0.25) is 0 Å². The SMILES string of the molecule is C=C(N=C(N=C(N)c1cccc(-c2ccc3c(c2)C(C)(C)c2cc(-c4cccc(-c5nc(-c6ccccc6)nc(-c6ccc(C)cc6)n5)c4)ccc2O3)c1)c1ccccc1)C1=CCC(C)C=C1. The van der Waals surface area contributed by atoms with Gasteiger partial charge in [0.25, 0.3) is 0 Å². The predicted molar refractivity (Wildman–Crippen MR) is 274 cm³/mol. The van der Waals surface area contributed by atoms with Crippen LogP contribution in [0.4, 0.5) is 0 Å². The van der Waals surface area contributed by atoms with Gasteiger partial charge in [-0.1, -0.05) is 185 Å². The third kappa shape index (κ3) is 8.92. The largest absolute Gasteiger partial charge is 0.457 e. The number of benzene rings is 7. The summed E-state index contributed by atoms with van der Waals surface area (Å²) in [7, 11) is 0. The molecule has 7 heteroatoms. The highest BCUT2D eigenvalue weighted by Gasteiger charge is 2.35. The van der Waals surface area contributed by atoms with Crippen LogP contribution in [0.1, 0.15) is 55.0 Å². The third-order valence-electron chi connectivity index (χ3n) is 12.6. The van der Waals surface area contributed by atoms with Gasteiger partial charge in [0.15, 0.2) is 23.3 Å². The molecule has 1 unspecified atom stereocenters. The first-order valence-corrected chi connectivity index (χ1v) is 22.7. The fourth-order valence-corrected chi connectivity index (χ4v) is 8.64. The van der Waals surface area contributed by atoms with Crippen molar-refractivity contribution in [2.24, 2.45) is 21.6 Å². The van der Waals surface area contributed by atoms with Crippen LogP contribution in [0.3, 0.4) is 0 Å². The van der Waals surface area contributed by atoms with Gasteiger partial charge in [-0.25, -0.2) is 24.9 Å². The lowest BCUT2D eigenvalue weighted by atomic mass is 9.74. The zero-order valence-corrected chi connectivity index (χ0v) is 38.1. The minimum atomic E-state index is -0.392. The monoisotopic (exact) mass is 870 g/mol. The zero-order chi connectivity index (χ0) is 46.1. The molecule has 0 radical (unpaired) electrons. The Kier molecular flexibility index (Phi) is 11.4. The highest BCUT2D eigenvalue weighted by atomic mass is 16.5. The van der Waals surface area contributed by atoms with E-state index in [0.29, 0.717) is 40.8 Å². The Morgan fingerprint density at radius 2 is 1.09 bits per heavy atom. The standard InChI is InChI=1S/C60H50N6O/c1-38-22-26-41(27-23-38)40(3)62-56(42-14-8-6-9-15-42)63-55(61)49-20-12-18-45(34-49)47-30-32-53-51(36-47)60(4,5)52-37-48(31-33-54(52)67-53)46-19-13-21-50(35-46)59-65-57(43-16-10-7-11-17-43)64-58(66-59)44-28-24-39(2)25-29-44/h6-22,24-38H,3,23H2,1-2,4-5H3,(H2,61,62,63). The van der Waals surface area contributed by atoms with Crippen LogP contribution in [0.5, 0.6) is 11.5 Å². The van der Waals surface area contributed by atoms with Crippen molar-refractivity contribution in [2.75, 3.05) is 0 Å². The van der Waals surface area contributed by atoms with Crippen LogP contribution < -0.4 is 10.5 Å². The number of aliphatic imine (C=N–C) groups is 2. The van der Waals surface area contributed by atoms with Gasteiger partial charge in [0.05, 0.1) is 5.70 Å². The lowest BCUT2D eigenvalue weighted by molar-refractivity contribution is 0.418. The molecule has 0 bridgehead atoms. The molecule has 8 aromatic rings. The van der Waals surface area contributed by atoms with Crippen LogP contribution in [0.15, 0.2) is 216 Å². The number of nitrogens with zero attached hydrogens (tertiary/aromatic N) is 5. The second kappa shape index (κ2) is 17.9. The molecule has 0 saturated heterocycles. The van der Waals surface area contributed by atoms with Crippen molar-refractivity contribution in [3.63, 3.8) is 0 Å². The molecule has 0 saturated carbocycles. The van der Waals surface area contributed by atoms with E-state index in [1.165, 1.54) is 5.56 Å². The van der Waals surface area contributed by atoms with Crippen LogP contribution in [0.25, 0.3) is 56.4 Å². The minimum Gasteiger partial charge on any atom is -0.457 e. The van der Waals surface area contributed by atoms with E-state index in [4.69, 9.17) is 35.4 Å². The predicted octanol–water partition coefficient (Wildman–Crippen LogP) is 14.1. The van der Waals surface area contributed by atoms with Crippen LogP contribution in [0, 0.1) is 12.8 Å². The summed E-state index contributed by atoms with van der Waals surface area (Å²) < 4.78 is 6.64. The highest BCUT2D eigenvalue weighted by molar-refractivity contribution is 6.11. The summed E-state index contributed by atoms with van der Waals surface area (Å²) in [6.45, 7) is 13.1. The van der Waals surface area contributed by atoms with E-state index in [1.54, 1.807) is 0 Å². The van der Waals surface area contributed by atoms with Crippen molar-refractivity contribution in [1.82, 2.24) is 15.0 Å². The van der Waals surface area contributed by atoms with Gasteiger partial charge in [-0.15, -0.1) is 0 Å². The van der Waals surface area contributed by atoms with E-state index in [-0.39, 0.29) is 0 Å². The number of amidine groups is 2. The average molecular weight is 871 g/mol. The number of ether oxygens (including phenoxy) is 1. The molecular formula is C60H50N6O. The Hall–Kier alpha value is -8.29. The Balaban J connectivity index is 0.953. The molecule has 1 aliphatic heterocycles. The maximum absolute atomic E-state index is 6.81. The second-order valence-electron chi connectivity index (χ2n) is 17.8. The van der Waals surface area contributed by atoms with Crippen LogP contribution in [-0.4, -0.2) is 26.6 Å². The van der Waals surface area contributed by atoms with Gasteiger partial charge >= 0.3 is 0 Å². The summed E-state index contributed by atoms with van der Waals surface area (Å²) in [6, 6.07) is 57.7. The van der Waals surface area contributed by atoms with E-state index >= 15 is 0 Å². The molecule has 326 valence electrons. The molecule has 0 fully saturated rings. The average Bonchev–Trinajstić information content (AvgIpc) is 3.37. The summed E-state index contributed by atoms with van der Waals surface area (Å²) in [5.74, 6) is 4.92. The molecule has 10 rings (SSSR count). The van der Waals surface area contributed by atoms with Crippen LogP contribution in [0.2, 0.25) is 0 Å². The molecule has 1 atom stereocenters. The van der Waals surface area contributed by atoms with Crippen molar-refractivity contribution in [3.05, 3.63) is 234 Å². The van der Waals surface area contributed by atoms with Crippen molar-refractivity contribution >= 4 is 11.7 Å². The summed E-state index contributed by atoms with van der Waals surface area (Å²) in [5, 5.41) is 0. The summed E-state index contributed by atoms with van der Waals surface area (Å²) >= 11 is 0. The molecule has 7 nitrogen and oxygen atoms in total. The summed E-state index contributed by atoms with van der Waals surface area (Å²) in [4.78, 5) is 24.8. The molecule has 2 aliphatic rings. The third-order valence-corrected chi connectivity index (χ3v) is 12.6. The maximum Gasteiger partial charge on any atom is 0.164 e. The minimum absolute atomic E-state index is 0.366. The number of nitrogens with two attached hydrogens (primary N) is 1. The topological polar surface area (TPSA) is 98.6 Å². The van der Waals surface area contributed by atoms with Gasteiger partial charge in [-0.05, 0) is 83.5 Å². The fourth-order valence-electron chi connectivity index (χ4n) is 8.64. The van der Waals surface area contributed by atoms with Gasteiger partial charge in [0, 0.05) is 44.4 Å². The van der Waals surface area contributed by atoms with Crippen molar-refractivity contribution < 1.29 is 4.74 Å². The normalized spacial score (nSPS) is 15.2. The first kappa shape index (κ1) is 42.6. The summed E-state index contributed by atoms with van der Waals surface area (Å²) in [6.07, 6.45) is 7.41. The molecular weight excluding hydrogens is 821 g/mol. The Morgan fingerprint density at radius 1 is 0.582 bits per heavy atom. The second-order valence-corrected chi connectivity index (χ2v) is 17.8. The Bertz CT molecular complexity index is 3310. The molecule has 2 heterocycles. The molecule has 7 aromatic carbocycles. The number of hydrogen-bond acceptors (Lipinski definition) is 5. The molecule has 0 spiro atoms. The number of rotatable bonds is 9. The fraction of sp³-hybridized carbons (Fsp3) is 0.117. The number of fused-ring (bicyclic) bond motifs is 2. The molecule has 2 N–H and O–H groups in total. The number of aromatic nitrogens is 3. The number of hydrogen-bond donors (Lipinski definition) is 1. The van der Waals surface area contributed by atoms with E-state index in [1.807, 2.05) is 72.8 Å². The lowest BCUT2D eigenvalue weighted by Crippen LogP contribution is -2.24. The highest BCUT2D eigenvalue weighted by Crippen LogP contribution is 2.50. The first-order valence-electron chi connectivity index (χ1n) is 22.7. The van der Waals surface area contributed by atoms with Crippen molar-refractivity contribution in [1.29, 1.82) is 0 Å². The lowest BCUT2D eigenvalue weighted by Gasteiger charge is -2.35. The van der Waals surface area contributed by atoms with Gasteiger partial charge in [-0.3, -0.25) is 0 Å². The van der Waals surface area contributed by atoms with E-state index in [9.17, 15) is 0 Å². The van der Waals surface area contributed by atoms with E-state index in [2.05, 4.69) is 150 Å². The molecule has 0 amide bonds. The molecule has 1 aliphatic carbocycles. The smallest absolute Gasteiger partial charge is 0.164 e. The van der Waals surface area contributed by atoms with Gasteiger partial charge in [0.1, 0.15) is 17.3 Å².